The molecule has 1 amide bonds. The van der Waals surface area contributed by atoms with E-state index >= 15 is 0 Å². The second kappa shape index (κ2) is 10.1. The van der Waals surface area contributed by atoms with Gasteiger partial charge in [0.2, 0.25) is 16.9 Å². The van der Waals surface area contributed by atoms with Crippen molar-refractivity contribution in [2.45, 2.75) is 25.9 Å². The number of fused-ring (bicyclic) bond motifs is 1. The van der Waals surface area contributed by atoms with Crippen LogP contribution >= 0.6 is 12.2 Å². The number of nitrogens with zero attached hydrogens (tertiary/aromatic N) is 3. The van der Waals surface area contributed by atoms with Gasteiger partial charge in [-0.15, -0.1) is 10.2 Å². The van der Waals surface area contributed by atoms with Gasteiger partial charge in [0.25, 0.3) is 5.91 Å². The minimum absolute atomic E-state index is 0.0678. The number of ether oxygens (including phenoxy) is 2. The largest absolute Gasteiger partial charge is 0.494 e. The van der Waals surface area contributed by atoms with E-state index in [1.807, 2.05) is 6.92 Å². The van der Waals surface area contributed by atoms with Crippen LogP contribution in [0.25, 0.3) is 10.8 Å². The Morgan fingerprint density at radius 2 is 1.93 bits per heavy atom. The summed E-state index contributed by atoms with van der Waals surface area (Å²) in [6.45, 7) is 3.16. The molecule has 0 fully saturated rings. The van der Waals surface area contributed by atoms with Crippen molar-refractivity contribution in [2.75, 3.05) is 27.4 Å². The number of rotatable bonds is 8. The number of amides is 1. The van der Waals surface area contributed by atoms with Crippen LogP contribution in [0.1, 0.15) is 23.7 Å². The fraction of sp³-hybridized carbons (Fsp3) is 0.444. The minimum atomic E-state index is -0.614. The van der Waals surface area contributed by atoms with Crippen molar-refractivity contribution in [1.29, 1.82) is 0 Å². The Bertz CT molecular complexity index is 880. The van der Waals surface area contributed by atoms with Crippen LogP contribution in [0, 0.1) is 0 Å². The van der Waals surface area contributed by atoms with E-state index in [1.165, 1.54) is 16.7 Å². The fourth-order valence-electron chi connectivity index (χ4n) is 2.71. The molecule has 10 heteroatoms. The first-order valence-corrected chi connectivity index (χ1v) is 9.08. The summed E-state index contributed by atoms with van der Waals surface area (Å²) in [7, 11) is 3.15. The average molecular weight is 408 g/mol. The van der Waals surface area contributed by atoms with Crippen LogP contribution in [-0.4, -0.2) is 59.3 Å². The molecule has 0 spiro atoms. The molecule has 1 atom stereocenters. The Hall–Kier alpha value is -2.56. The summed E-state index contributed by atoms with van der Waals surface area (Å²) in [5, 5.41) is 31.7. The summed E-state index contributed by atoms with van der Waals surface area (Å²) >= 11 is 5.02. The first-order chi connectivity index (χ1) is 13.4. The third-order valence-electron chi connectivity index (χ3n) is 4.01. The fourth-order valence-corrected chi connectivity index (χ4v) is 2.95. The van der Waals surface area contributed by atoms with Crippen LogP contribution in [0.5, 0.6) is 11.8 Å². The number of carbonyl (C=O) groups is 1. The summed E-state index contributed by atoms with van der Waals surface area (Å²) in [6.07, 6.45) is 0.616. The Morgan fingerprint density at radius 1 is 1.21 bits per heavy atom. The summed E-state index contributed by atoms with van der Waals surface area (Å²) in [4.78, 5) is 12.3. The quantitative estimate of drug-likeness (QED) is 0.349. The second-order valence-electron chi connectivity index (χ2n) is 6.22. The Morgan fingerprint density at radius 3 is 2.61 bits per heavy atom. The second-order valence-corrected chi connectivity index (χ2v) is 6.60. The topological polar surface area (TPSA) is 118 Å². The molecule has 1 aromatic heterocycles. The number of aromatic hydroxyl groups is 2. The predicted octanol–water partition coefficient (Wildman–Crippen LogP) is 2.59. The monoisotopic (exact) mass is 408 g/mol. The van der Waals surface area contributed by atoms with Gasteiger partial charge in [-0.2, -0.15) is 0 Å². The molecule has 9 nitrogen and oxygen atoms in total. The molecule has 0 radical (unpaired) electrons. The van der Waals surface area contributed by atoms with Gasteiger partial charge in [-0.1, -0.05) is 0 Å². The number of aromatic nitrogens is 1. The maximum absolute atomic E-state index is 12.3. The average Bonchev–Trinajstić information content (AvgIpc) is 2.90. The number of methoxy groups -OCH3 is 2. The van der Waals surface area contributed by atoms with Crippen molar-refractivity contribution in [3.8, 4) is 11.8 Å². The number of hydrogen-bond donors (Lipinski definition) is 3. The van der Waals surface area contributed by atoms with Crippen molar-refractivity contribution >= 4 is 34.0 Å². The standard InChI is InChI=1S/C18H24N4O5S/c1-11(10-27-3)19-18(28)21-20-15(23)12-5-6-13-14(9-12)17(25)22(16(13)24)7-4-8-26-2/h5-6,9,11,24-25H,4,7-8,10H2,1-3H3,(H,19,28)/t11-/m1/s1. The van der Waals surface area contributed by atoms with E-state index in [9.17, 15) is 15.0 Å². The summed E-state index contributed by atoms with van der Waals surface area (Å²) in [6, 6.07) is 4.45. The number of nitrogens with one attached hydrogen (secondary N) is 1. The number of carbonyl (C=O) groups excluding carboxylic acids is 1. The lowest BCUT2D eigenvalue weighted by Gasteiger charge is -2.10. The molecule has 1 aromatic carbocycles. The highest BCUT2D eigenvalue weighted by molar-refractivity contribution is 7.80. The van der Waals surface area contributed by atoms with E-state index in [0.717, 1.165) is 0 Å². The van der Waals surface area contributed by atoms with Gasteiger partial charge in [-0.25, -0.2) is 0 Å². The predicted molar refractivity (Wildman–Crippen MR) is 108 cm³/mol. The Labute approximate surface area is 168 Å². The molecule has 0 aliphatic rings. The van der Waals surface area contributed by atoms with E-state index in [1.54, 1.807) is 20.3 Å². The third-order valence-corrected chi connectivity index (χ3v) is 4.21. The highest BCUT2D eigenvalue weighted by atomic mass is 32.1. The van der Waals surface area contributed by atoms with E-state index in [-0.39, 0.29) is 28.5 Å². The van der Waals surface area contributed by atoms with Gasteiger partial charge in [-0.05, 0) is 43.8 Å². The van der Waals surface area contributed by atoms with Gasteiger partial charge in [0, 0.05) is 49.7 Å². The Balaban J connectivity index is 2.16. The summed E-state index contributed by atoms with van der Waals surface area (Å²) in [5.74, 6) is -0.807. The highest BCUT2D eigenvalue weighted by Gasteiger charge is 2.17. The van der Waals surface area contributed by atoms with Crippen LogP contribution < -0.4 is 5.32 Å². The van der Waals surface area contributed by atoms with Crippen LogP contribution in [0.4, 0.5) is 0 Å². The van der Waals surface area contributed by atoms with Gasteiger partial charge in [0.05, 0.1) is 6.61 Å². The molecule has 0 unspecified atom stereocenters. The zero-order valence-corrected chi connectivity index (χ0v) is 16.8. The molecule has 1 heterocycles. The maximum Gasteiger partial charge on any atom is 0.295 e. The lowest BCUT2D eigenvalue weighted by Crippen LogP contribution is -2.33. The minimum Gasteiger partial charge on any atom is -0.494 e. The van der Waals surface area contributed by atoms with Crippen LogP contribution in [-0.2, 0) is 16.0 Å². The lowest BCUT2D eigenvalue weighted by molar-refractivity contribution is 0.0995. The van der Waals surface area contributed by atoms with Gasteiger partial charge >= 0.3 is 0 Å². The van der Waals surface area contributed by atoms with Crippen LogP contribution in [0.3, 0.4) is 0 Å². The molecule has 0 bridgehead atoms. The maximum atomic E-state index is 12.3. The van der Waals surface area contributed by atoms with Crippen molar-refractivity contribution in [3.63, 3.8) is 0 Å². The third kappa shape index (κ3) is 5.24. The first-order valence-electron chi connectivity index (χ1n) is 8.67. The van der Waals surface area contributed by atoms with E-state index < -0.39 is 5.91 Å². The van der Waals surface area contributed by atoms with Gasteiger partial charge in [0.1, 0.15) is 0 Å². The normalized spacial score (nSPS) is 12.5. The number of thiocarbonyl (C=S) groups is 1. The molecule has 0 aliphatic heterocycles. The number of hydrogen-bond acceptors (Lipinski definition) is 6. The molecular weight excluding hydrogens is 384 g/mol. The van der Waals surface area contributed by atoms with Gasteiger partial charge in [0.15, 0.2) is 0 Å². The smallest absolute Gasteiger partial charge is 0.295 e. The van der Waals surface area contributed by atoms with E-state index in [4.69, 9.17) is 21.7 Å². The SMILES string of the molecule is COCCCn1c(O)c2ccc(C(=O)N=NC(=S)N[C@H](C)COC)cc2c1O. The molecule has 28 heavy (non-hydrogen) atoms. The molecule has 0 saturated carbocycles. The van der Waals surface area contributed by atoms with Gasteiger partial charge < -0.3 is 25.0 Å². The number of benzene rings is 1. The van der Waals surface area contributed by atoms with Crippen LogP contribution in [0.15, 0.2) is 28.4 Å². The molecule has 152 valence electrons. The highest BCUT2D eigenvalue weighted by Crippen LogP contribution is 2.37. The molecule has 0 saturated heterocycles. The number of azo groups is 1. The van der Waals surface area contributed by atoms with Crippen molar-refractivity contribution in [1.82, 2.24) is 9.88 Å². The van der Waals surface area contributed by atoms with E-state index in [2.05, 4.69) is 15.5 Å². The molecule has 0 aliphatic carbocycles. The van der Waals surface area contributed by atoms with Crippen molar-refractivity contribution in [2.24, 2.45) is 10.2 Å². The van der Waals surface area contributed by atoms with E-state index in [0.29, 0.717) is 37.0 Å². The molecular formula is C18H24N4O5S. The summed E-state index contributed by atoms with van der Waals surface area (Å²) < 4.78 is 11.3. The summed E-state index contributed by atoms with van der Waals surface area (Å²) in [5.41, 5.74) is 0.216. The molecule has 2 aromatic rings. The van der Waals surface area contributed by atoms with Crippen molar-refractivity contribution in [3.05, 3.63) is 23.8 Å². The lowest BCUT2D eigenvalue weighted by atomic mass is 10.1. The molecule has 2 rings (SSSR count). The van der Waals surface area contributed by atoms with Gasteiger partial charge in [-0.3, -0.25) is 9.36 Å². The first kappa shape index (κ1) is 21.7. The zero-order chi connectivity index (χ0) is 20.7. The van der Waals surface area contributed by atoms with Crippen LogP contribution in [0.2, 0.25) is 0 Å². The molecule has 3 N–H and O–H groups in total. The Kier molecular flexibility index (Phi) is 7.85. The zero-order valence-electron chi connectivity index (χ0n) is 16.0. The van der Waals surface area contributed by atoms with Crippen molar-refractivity contribution < 1.29 is 24.5 Å².